The molecule has 0 radical (unpaired) electrons. The summed E-state index contributed by atoms with van der Waals surface area (Å²) in [5.74, 6) is 0. The molecule has 120 valence electrons. The lowest BCUT2D eigenvalue weighted by molar-refractivity contribution is 0.232. The Morgan fingerprint density at radius 3 is 2.71 bits per heavy atom. The lowest BCUT2D eigenvalue weighted by Gasteiger charge is -2.25. The molecule has 0 amide bonds. The zero-order chi connectivity index (χ0) is 15.4. The van der Waals surface area contributed by atoms with Crippen LogP contribution in [-0.4, -0.2) is 48.6 Å². The molecule has 1 aromatic heterocycles. The van der Waals surface area contributed by atoms with Gasteiger partial charge in [0.05, 0.1) is 5.69 Å². The summed E-state index contributed by atoms with van der Waals surface area (Å²) >= 11 is 1.87. The summed E-state index contributed by atoms with van der Waals surface area (Å²) in [6.07, 6.45) is 1.26. The van der Waals surface area contributed by atoms with E-state index in [0.29, 0.717) is 12.1 Å². The number of nitrogens with zero attached hydrogens (tertiary/aromatic N) is 3. The molecule has 0 spiro atoms. The monoisotopic (exact) mass is 310 g/mol. The molecule has 0 bridgehead atoms. The number of aromatic nitrogens is 1. The SMILES string of the molecule is CCNC(C)c1sc(N2CCC(N(CC)CC)C2)nc1C. The molecule has 2 unspecified atom stereocenters. The van der Waals surface area contributed by atoms with Gasteiger partial charge in [0.2, 0.25) is 0 Å². The Balaban J connectivity index is 2.05. The molecule has 2 rings (SSSR count). The van der Waals surface area contributed by atoms with Gasteiger partial charge in [0, 0.05) is 30.1 Å². The minimum atomic E-state index is 0.405. The van der Waals surface area contributed by atoms with Crippen LogP contribution in [0.4, 0.5) is 5.13 Å². The Hall–Kier alpha value is -0.650. The van der Waals surface area contributed by atoms with Gasteiger partial charge in [0.15, 0.2) is 5.13 Å². The van der Waals surface area contributed by atoms with Gasteiger partial charge in [0.1, 0.15) is 0 Å². The second kappa shape index (κ2) is 7.56. The Morgan fingerprint density at radius 1 is 1.38 bits per heavy atom. The van der Waals surface area contributed by atoms with E-state index in [4.69, 9.17) is 4.98 Å². The molecule has 2 atom stereocenters. The van der Waals surface area contributed by atoms with Crippen molar-refractivity contribution in [3.63, 3.8) is 0 Å². The number of anilines is 1. The van der Waals surface area contributed by atoms with Crippen LogP contribution in [0.3, 0.4) is 0 Å². The molecule has 5 heteroatoms. The minimum absolute atomic E-state index is 0.405. The van der Waals surface area contributed by atoms with Crippen molar-refractivity contribution < 1.29 is 0 Å². The van der Waals surface area contributed by atoms with Crippen molar-refractivity contribution in [2.75, 3.05) is 37.6 Å². The fourth-order valence-corrected chi connectivity index (χ4v) is 4.41. The summed E-state index contributed by atoms with van der Waals surface area (Å²) in [5.41, 5.74) is 1.19. The van der Waals surface area contributed by atoms with E-state index >= 15 is 0 Å². The third-order valence-electron chi connectivity index (χ3n) is 4.49. The van der Waals surface area contributed by atoms with Crippen molar-refractivity contribution in [1.82, 2.24) is 15.2 Å². The molecule has 0 saturated carbocycles. The predicted octanol–water partition coefficient (Wildman–Crippen LogP) is 3.04. The second-order valence-corrected chi connectivity index (χ2v) is 6.84. The molecule has 1 aliphatic heterocycles. The maximum absolute atomic E-state index is 4.83. The molecule has 0 aromatic carbocycles. The van der Waals surface area contributed by atoms with Gasteiger partial charge in [-0.1, -0.05) is 20.8 Å². The summed E-state index contributed by atoms with van der Waals surface area (Å²) in [6, 6.07) is 1.10. The van der Waals surface area contributed by atoms with E-state index in [1.165, 1.54) is 22.1 Å². The van der Waals surface area contributed by atoms with Crippen LogP contribution in [0.5, 0.6) is 0 Å². The number of thiazole rings is 1. The van der Waals surface area contributed by atoms with Crippen molar-refractivity contribution in [3.05, 3.63) is 10.6 Å². The van der Waals surface area contributed by atoms with E-state index in [1.54, 1.807) is 0 Å². The standard InChI is InChI=1S/C16H30N4S/c1-6-17-12(4)15-13(5)18-16(21-15)20-10-9-14(11-20)19(7-2)8-3/h12,14,17H,6-11H2,1-5H3. The zero-order valence-corrected chi connectivity index (χ0v) is 15.0. The van der Waals surface area contributed by atoms with Gasteiger partial charge in [0.25, 0.3) is 0 Å². The molecule has 2 heterocycles. The largest absolute Gasteiger partial charge is 0.346 e. The highest BCUT2D eigenvalue weighted by Gasteiger charge is 2.28. The Bertz CT molecular complexity index is 441. The van der Waals surface area contributed by atoms with Gasteiger partial charge in [-0.25, -0.2) is 4.98 Å². The van der Waals surface area contributed by atoms with E-state index in [9.17, 15) is 0 Å². The van der Waals surface area contributed by atoms with E-state index < -0.39 is 0 Å². The van der Waals surface area contributed by atoms with Crippen LogP contribution in [-0.2, 0) is 0 Å². The highest BCUT2D eigenvalue weighted by Crippen LogP contribution is 2.33. The van der Waals surface area contributed by atoms with E-state index in [1.807, 2.05) is 11.3 Å². The average molecular weight is 311 g/mol. The smallest absolute Gasteiger partial charge is 0.185 e. The molecule has 1 fully saturated rings. The van der Waals surface area contributed by atoms with Crippen LogP contribution in [0.1, 0.15) is 50.7 Å². The molecule has 1 aromatic rings. The lowest BCUT2D eigenvalue weighted by atomic mass is 10.2. The number of hydrogen-bond acceptors (Lipinski definition) is 5. The molecule has 0 aliphatic carbocycles. The number of hydrogen-bond donors (Lipinski definition) is 1. The molecule has 21 heavy (non-hydrogen) atoms. The first kappa shape index (κ1) is 16.7. The van der Waals surface area contributed by atoms with Gasteiger partial charge in [-0.15, -0.1) is 11.3 Å². The normalized spacial score (nSPS) is 20.5. The maximum atomic E-state index is 4.83. The quantitative estimate of drug-likeness (QED) is 0.839. The number of rotatable bonds is 7. The van der Waals surface area contributed by atoms with Crippen molar-refractivity contribution in [2.24, 2.45) is 0 Å². The van der Waals surface area contributed by atoms with Crippen LogP contribution < -0.4 is 10.2 Å². The molecule has 4 nitrogen and oxygen atoms in total. The average Bonchev–Trinajstić information content (AvgIpc) is 3.07. The molecular formula is C16H30N4S. The number of likely N-dealkylation sites (N-methyl/N-ethyl adjacent to an activating group) is 1. The van der Waals surface area contributed by atoms with Crippen LogP contribution >= 0.6 is 11.3 Å². The predicted molar refractivity (Wildman–Crippen MR) is 92.5 cm³/mol. The number of aryl methyl sites for hydroxylation is 1. The van der Waals surface area contributed by atoms with Gasteiger partial charge in [-0.05, 0) is 39.9 Å². The van der Waals surface area contributed by atoms with Crippen molar-refractivity contribution in [1.29, 1.82) is 0 Å². The fourth-order valence-electron chi connectivity index (χ4n) is 3.28. The van der Waals surface area contributed by atoms with E-state index in [-0.39, 0.29) is 0 Å². The summed E-state index contributed by atoms with van der Waals surface area (Å²) in [7, 11) is 0. The van der Waals surface area contributed by atoms with Crippen LogP contribution in [0.15, 0.2) is 0 Å². The van der Waals surface area contributed by atoms with Crippen molar-refractivity contribution in [2.45, 2.75) is 53.1 Å². The molecule has 1 N–H and O–H groups in total. The topological polar surface area (TPSA) is 31.4 Å². The first-order valence-electron chi connectivity index (χ1n) is 8.30. The highest BCUT2D eigenvalue weighted by molar-refractivity contribution is 7.15. The first-order chi connectivity index (χ1) is 10.1. The lowest BCUT2D eigenvalue weighted by Crippen LogP contribution is -2.37. The van der Waals surface area contributed by atoms with Crippen LogP contribution in [0.2, 0.25) is 0 Å². The minimum Gasteiger partial charge on any atom is -0.346 e. The van der Waals surface area contributed by atoms with Crippen LogP contribution in [0.25, 0.3) is 0 Å². The van der Waals surface area contributed by atoms with Gasteiger partial charge >= 0.3 is 0 Å². The fraction of sp³-hybridized carbons (Fsp3) is 0.812. The van der Waals surface area contributed by atoms with E-state index in [0.717, 1.165) is 32.7 Å². The molecule has 1 aliphatic rings. The summed E-state index contributed by atoms with van der Waals surface area (Å²) in [4.78, 5) is 11.3. The van der Waals surface area contributed by atoms with Gasteiger partial charge in [-0.3, -0.25) is 4.90 Å². The second-order valence-electron chi connectivity index (χ2n) is 5.84. The van der Waals surface area contributed by atoms with Crippen molar-refractivity contribution in [3.8, 4) is 0 Å². The maximum Gasteiger partial charge on any atom is 0.185 e. The summed E-state index contributed by atoms with van der Waals surface area (Å²) in [5, 5.41) is 4.71. The van der Waals surface area contributed by atoms with Gasteiger partial charge in [-0.2, -0.15) is 0 Å². The number of nitrogens with one attached hydrogen (secondary N) is 1. The van der Waals surface area contributed by atoms with Crippen LogP contribution in [0, 0.1) is 6.92 Å². The highest BCUT2D eigenvalue weighted by atomic mass is 32.1. The van der Waals surface area contributed by atoms with E-state index in [2.05, 4.69) is 49.7 Å². The molecular weight excluding hydrogens is 280 g/mol. The Morgan fingerprint density at radius 2 is 2.10 bits per heavy atom. The first-order valence-corrected chi connectivity index (χ1v) is 9.11. The Kier molecular flexibility index (Phi) is 6.02. The zero-order valence-electron chi connectivity index (χ0n) is 14.1. The van der Waals surface area contributed by atoms with Gasteiger partial charge < -0.3 is 10.2 Å². The Labute approximate surface area is 133 Å². The van der Waals surface area contributed by atoms with Crippen molar-refractivity contribution >= 4 is 16.5 Å². The third kappa shape index (κ3) is 3.76. The summed E-state index contributed by atoms with van der Waals surface area (Å²) in [6.45, 7) is 16.6. The summed E-state index contributed by atoms with van der Waals surface area (Å²) < 4.78 is 0. The third-order valence-corrected chi connectivity index (χ3v) is 5.89. The molecule has 1 saturated heterocycles.